The van der Waals surface area contributed by atoms with Crippen molar-refractivity contribution in [2.45, 2.75) is 50.8 Å². The third-order valence-corrected chi connectivity index (χ3v) is 6.37. The second kappa shape index (κ2) is 9.67. The number of nitrogens with zero attached hydrogens (tertiary/aromatic N) is 2. The lowest BCUT2D eigenvalue weighted by Gasteiger charge is -2.46. The Hall–Kier alpha value is -2.31. The van der Waals surface area contributed by atoms with Crippen molar-refractivity contribution in [1.29, 1.82) is 0 Å². The zero-order valence-electron chi connectivity index (χ0n) is 17.4. The van der Waals surface area contributed by atoms with Gasteiger partial charge >= 0.3 is 0 Å². The predicted molar refractivity (Wildman–Crippen MR) is 113 cm³/mol. The Bertz CT molecular complexity index is 837. The minimum atomic E-state index is -0.179. The lowest BCUT2D eigenvalue weighted by molar-refractivity contribution is -0.136. The highest BCUT2D eigenvalue weighted by atomic mass is 19.1. The highest BCUT2D eigenvalue weighted by Crippen LogP contribution is 2.39. The van der Waals surface area contributed by atoms with Crippen LogP contribution >= 0.6 is 0 Å². The van der Waals surface area contributed by atoms with Crippen LogP contribution in [0.4, 0.5) is 4.39 Å². The van der Waals surface area contributed by atoms with Gasteiger partial charge in [0.05, 0.1) is 5.60 Å². The van der Waals surface area contributed by atoms with Crippen LogP contribution in [0.3, 0.4) is 0 Å². The van der Waals surface area contributed by atoms with Gasteiger partial charge in [0, 0.05) is 51.6 Å². The summed E-state index contributed by atoms with van der Waals surface area (Å²) in [5.41, 5.74) is 1.97. The molecule has 30 heavy (non-hydrogen) atoms. The Morgan fingerprint density at radius 1 is 1.20 bits per heavy atom. The summed E-state index contributed by atoms with van der Waals surface area (Å²) in [5, 5.41) is 3.03. The van der Waals surface area contributed by atoms with Crippen molar-refractivity contribution < 1.29 is 13.9 Å². The SMILES string of the molecule is O=C(CC1CCOC2(CCN(Cc3cccc(F)c3)CC2)C1)NCc1ccncc1. The molecule has 1 spiro atoms. The molecule has 0 bridgehead atoms. The van der Waals surface area contributed by atoms with Crippen molar-refractivity contribution in [3.63, 3.8) is 0 Å². The quantitative estimate of drug-likeness (QED) is 0.788. The molecule has 0 saturated carbocycles. The van der Waals surface area contributed by atoms with E-state index in [1.807, 2.05) is 18.2 Å². The molecule has 1 unspecified atom stereocenters. The van der Waals surface area contributed by atoms with E-state index in [2.05, 4.69) is 15.2 Å². The van der Waals surface area contributed by atoms with E-state index in [4.69, 9.17) is 4.74 Å². The van der Waals surface area contributed by atoms with Gasteiger partial charge in [0.1, 0.15) is 5.82 Å². The molecule has 5 nitrogen and oxygen atoms in total. The maximum absolute atomic E-state index is 13.4. The number of benzene rings is 1. The Kier molecular flexibility index (Phi) is 6.75. The van der Waals surface area contributed by atoms with Crippen LogP contribution in [-0.4, -0.2) is 41.1 Å². The Labute approximate surface area is 177 Å². The summed E-state index contributed by atoms with van der Waals surface area (Å²) < 4.78 is 19.7. The van der Waals surface area contributed by atoms with Gasteiger partial charge in [-0.15, -0.1) is 0 Å². The molecule has 2 aliphatic heterocycles. The largest absolute Gasteiger partial charge is 0.375 e. The molecule has 2 aromatic rings. The van der Waals surface area contributed by atoms with E-state index in [0.717, 1.165) is 63.1 Å². The van der Waals surface area contributed by atoms with E-state index in [-0.39, 0.29) is 17.3 Å². The van der Waals surface area contributed by atoms with E-state index in [1.165, 1.54) is 6.07 Å². The van der Waals surface area contributed by atoms with E-state index in [0.29, 0.717) is 18.9 Å². The summed E-state index contributed by atoms with van der Waals surface area (Å²) in [7, 11) is 0. The van der Waals surface area contributed by atoms with E-state index < -0.39 is 0 Å². The number of hydrogen-bond donors (Lipinski definition) is 1. The van der Waals surface area contributed by atoms with Crippen molar-refractivity contribution in [3.8, 4) is 0 Å². The van der Waals surface area contributed by atoms with Gasteiger partial charge in [-0.1, -0.05) is 12.1 Å². The average molecular weight is 412 g/mol. The minimum Gasteiger partial charge on any atom is -0.375 e. The first-order valence-electron chi connectivity index (χ1n) is 10.9. The number of pyridine rings is 1. The Balaban J connectivity index is 1.24. The molecule has 1 atom stereocenters. The second-order valence-electron chi connectivity index (χ2n) is 8.63. The maximum atomic E-state index is 13.4. The van der Waals surface area contributed by atoms with Crippen LogP contribution in [0.2, 0.25) is 0 Å². The molecule has 1 aromatic heterocycles. The van der Waals surface area contributed by atoms with Gasteiger partial charge in [-0.05, 0) is 67.0 Å². The van der Waals surface area contributed by atoms with Gasteiger partial charge in [-0.25, -0.2) is 4.39 Å². The van der Waals surface area contributed by atoms with Gasteiger partial charge in [-0.2, -0.15) is 0 Å². The zero-order chi connectivity index (χ0) is 20.8. The van der Waals surface area contributed by atoms with Crippen LogP contribution < -0.4 is 5.32 Å². The molecule has 1 aromatic carbocycles. The van der Waals surface area contributed by atoms with Gasteiger partial charge in [0.15, 0.2) is 0 Å². The average Bonchev–Trinajstić information content (AvgIpc) is 2.75. The summed E-state index contributed by atoms with van der Waals surface area (Å²) in [5.74, 6) is 0.296. The highest BCUT2D eigenvalue weighted by Gasteiger charge is 2.40. The van der Waals surface area contributed by atoms with E-state index in [1.54, 1.807) is 24.5 Å². The number of halogens is 1. The van der Waals surface area contributed by atoms with Crippen LogP contribution in [0, 0.1) is 11.7 Å². The predicted octanol–water partition coefficient (Wildman–Crippen LogP) is 3.69. The number of carbonyl (C=O) groups is 1. The first kappa shape index (κ1) is 20.9. The van der Waals surface area contributed by atoms with Crippen LogP contribution in [-0.2, 0) is 22.6 Å². The summed E-state index contributed by atoms with van der Waals surface area (Å²) in [6, 6.07) is 10.7. The van der Waals surface area contributed by atoms with Crippen molar-refractivity contribution in [2.75, 3.05) is 19.7 Å². The normalized spacial score (nSPS) is 21.4. The van der Waals surface area contributed by atoms with Crippen molar-refractivity contribution >= 4 is 5.91 Å². The lowest BCUT2D eigenvalue weighted by atomic mass is 9.78. The number of carbonyl (C=O) groups excluding carboxylic acids is 1. The van der Waals surface area contributed by atoms with Crippen molar-refractivity contribution in [1.82, 2.24) is 15.2 Å². The number of hydrogen-bond acceptors (Lipinski definition) is 4. The summed E-state index contributed by atoms with van der Waals surface area (Å²) in [6.07, 6.45) is 7.87. The molecular weight excluding hydrogens is 381 g/mol. The molecule has 2 fully saturated rings. The van der Waals surface area contributed by atoms with Crippen LogP contribution in [0.5, 0.6) is 0 Å². The summed E-state index contributed by atoms with van der Waals surface area (Å²) >= 11 is 0. The molecular formula is C24H30FN3O2. The molecule has 3 heterocycles. The zero-order valence-corrected chi connectivity index (χ0v) is 17.4. The van der Waals surface area contributed by atoms with Gasteiger partial charge < -0.3 is 10.1 Å². The molecule has 6 heteroatoms. The van der Waals surface area contributed by atoms with Gasteiger partial charge in [0.25, 0.3) is 0 Å². The molecule has 1 amide bonds. The molecule has 1 N–H and O–H groups in total. The number of nitrogens with one attached hydrogen (secondary N) is 1. The molecule has 0 radical (unpaired) electrons. The molecule has 4 rings (SSSR count). The van der Waals surface area contributed by atoms with Crippen LogP contribution in [0.15, 0.2) is 48.8 Å². The second-order valence-corrected chi connectivity index (χ2v) is 8.63. The Morgan fingerprint density at radius 2 is 2.00 bits per heavy atom. The van der Waals surface area contributed by atoms with Crippen LogP contribution in [0.25, 0.3) is 0 Å². The van der Waals surface area contributed by atoms with Crippen molar-refractivity contribution in [2.24, 2.45) is 5.92 Å². The van der Waals surface area contributed by atoms with E-state index in [9.17, 15) is 9.18 Å². The smallest absolute Gasteiger partial charge is 0.220 e. The minimum absolute atomic E-state index is 0.104. The fourth-order valence-electron chi connectivity index (χ4n) is 4.70. The third-order valence-electron chi connectivity index (χ3n) is 6.37. The summed E-state index contributed by atoms with van der Waals surface area (Å²) in [4.78, 5) is 18.8. The van der Waals surface area contributed by atoms with E-state index >= 15 is 0 Å². The Morgan fingerprint density at radius 3 is 2.77 bits per heavy atom. The topological polar surface area (TPSA) is 54.5 Å². The van der Waals surface area contributed by atoms with Crippen molar-refractivity contribution in [3.05, 3.63) is 65.7 Å². The number of aromatic nitrogens is 1. The number of likely N-dealkylation sites (tertiary alicyclic amines) is 1. The first-order chi connectivity index (χ1) is 14.6. The maximum Gasteiger partial charge on any atom is 0.220 e. The number of amides is 1. The molecule has 2 saturated heterocycles. The molecule has 160 valence electrons. The third kappa shape index (κ3) is 5.64. The lowest BCUT2D eigenvalue weighted by Crippen LogP contribution is -2.49. The number of ether oxygens (including phenoxy) is 1. The highest BCUT2D eigenvalue weighted by molar-refractivity contribution is 5.76. The van der Waals surface area contributed by atoms with Gasteiger partial charge in [-0.3, -0.25) is 14.7 Å². The molecule has 2 aliphatic rings. The fourth-order valence-corrected chi connectivity index (χ4v) is 4.70. The van der Waals surface area contributed by atoms with Gasteiger partial charge in [0.2, 0.25) is 5.91 Å². The fraction of sp³-hybridized carbons (Fsp3) is 0.500. The first-order valence-corrected chi connectivity index (χ1v) is 10.9. The standard InChI is InChI=1S/C24H30FN3O2/c25-22-3-1-2-21(14-22)18-28-11-7-24(8-12-28)16-20(6-13-30-24)15-23(29)27-17-19-4-9-26-10-5-19/h1-5,9-10,14,20H,6-8,11-13,15-18H2,(H,27,29). The number of rotatable bonds is 6. The molecule has 0 aliphatic carbocycles. The van der Waals surface area contributed by atoms with Crippen LogP contribution in [0.1, 0.15) is 43.2 Å². The summed E-state index contributed by atoms with van der Waals surface area (Å²) in [6.45, 7) is 3.93. The monoisotopic (exact) mass is 411 g/mol. The number of piperidine rings is 1.